The van der Waals surface area contributed by atoms with Crippen molar-refractivity contribution in [1.29, 1.82) is 0 Å². The van der Waals surface area contributed by atoms with Crippen LogP contribution >= 0.6 is 0 Å². The maximum Gasteiger partial charge on any atom is 0.0814 e. The van der Waals surface area contributed by atoms with Gasteiger partial charge in [0.05, 0.1) is 18.8 Å². The van der Waals surface area contributed by atoms with Crippen LogP contribution in [-0.4, -0.2) is 28.9 Å². The molecule has 1 rings (SSSR count). The van der Waals surface area contributed by atoms with Crippen molar-refractivity contribution in [1.82, 2.24) is 4.98 Å². The summed E-state index contributed by atoms with van der Waals surface area (Å²) >= 11 is 0. The minimum absolute atomic E-state index is 0.169. The fourth-order valence-electron chi connectivity index (χ4n) is 1.15. The fourth-order valence-corrected chi connectivity index (χ4v) is 1.15. The van der Waals surface area contributed by atoms with E-state index in [-0.39, 0.29) is 6.10 Å². The zero-order chi connectivity index (χ0) is 10.4. The number of ether oxygens (including phenoxy) is 1. The summed E-state index contributed by atoms with van der Waals surface area (Å²) in [5.41, 5.74) is 1.08. The average Bonchev–Trinajstić information content (AvgIpc) is 2.16. The molecule has 1 heterocycles. The minimum Gasteiger partial charge on any atom is -0.390 e. The summed E-state index contributed by atoms with van der Waals surface area (Å²) < 4.78 is 5.31. The van der Waals surface area contributed by atoms with E-state index in [2.05, 4.69) is 4.98 Å². The first-order valence-corrected chi connectivity index (χ1v) is 4.87. The van der Waals surface area contributed by atoms with Gasteiger partial charge in [-0.2, -0.15) is 0 Å². The number of hydrogen-bond acceptors (Lipinski definition) is 3. The number of aliphatic hydroxyl groups is 1. The highest BCUT2D eigenvalue weighted by Crippen LogP contribution is 2.02. The second-order valence-electron chi connectivity index (χ2n) is 3.60. The minimum atomic E-state index is -0.431. The third-order valence-corrected chi connectivity index (χ3v) is 1.84. The fraction of sp³-hybridized carbons (Fsp3) is 0.545. The van der Waals surface area contributed by atoms with Crippen LogP contribution in [0, 0.1) is 0 Å². The molecule has 0 saturated carbocycles. The van der Waals surface area contributed by atoms with E-state index in [1.807, 2.05) is 26.0 Å². The molecule has 0 saturated heterocycles. The molecule has 14 heavy (non-hydrogen) atoms. The van der Waals surface area contributed by atoms with E-state index in [9.17, 15) is 5.11 Å². The Balaban J connectivity index is 2.30. The van der Waals surface area contributed by atoms with E-state index in [0.717, 1.165) is 5.56 Å². The van der Waals surface area contributed by atoms with Crippen molar-refractivity contribution in [3.05, 3.63) is 30.1 Å². The summed E-state index contributed by atoms with van der Waals surface area (Å²) in [4.78, 5) is 3.91. The number of aliphatic hydroxyl groups excluding tert-OH is 1. The predicted molar refractivity (Wildman–Crippen MR) is 55.0 cm³/mol. The Hall–Kier alpha value is -0.930. The largest absolute Gasteiger partial charge is 0.390 e. The molecule has 0 spiro atoms. The van der Waals surface area contributed by atoms with E-state index < -0.39 is 6.10 Å². The van der Waals surface area contributed by atoms with Crippen molar-refractivity contribution >= 4 is 0 Å². The van der Waals surface area contributed by atoms with Crippen molar-refractivity contribution in [2.45, 2.75) is 32.5 Å². The molecule has 1 aromatic rings. The molecule has 1 atom stereocenters. The van der Waals surface area contributed by atoms with Crippen LogP contribution in [0.15, 0.2) is 24.5 Å². The van der Waals surface area contributed by atoms with Crippen molar-refractivity contribution < 1.29 is 9.84 Å². The second kappa shape index (κ2) is 5.73. The molecule has 0 radical (unpaired) electrons. The lowest BCUT2D eigenvalue weighted by atomic mass is 10.1. The third-order valence-electron chi connectivity index (χ3n) is 1.84. The van der Waals surface area contributed by atoms with Gasteiger partial charge in [-0.25, -0.2) is 0 Å². The molecular weight excluding hydrogens is 178 g/mol. The van der Waals surface area contributed by atoms with Crippen LogP contribution < -0.4 is 0 Å². The molecule has 0 bridgehead atoms. The van der Waals surface area contributed by atoms with Crippen molar-refractivity contribution in [2.75, 3.05) is 6.61 Å². The molecule has 0 aromatic carbocycles. The van der Waals surface area contributed by atoms with Crippen molar-refractivity contribution in [3.63, 3.8) is 0 Å². The normalized spacial score (nSPS) is 13.1. The van der Waals surface area contributed by atoms with Crippen LogP contribution in [0.4, 0.5) is 0 Å². The van der Waals surface area contributed by atoms with Crippen LogP contribution in [-0.2, 0) is 11.2 Å². The van der Waals surface area contributed by atoms with Gasteiger partial charge in [0.2, 0.25) is 0 Å². The van der Waals surface area contributed by atoms with E-state index in [0.29, 0.717) is 13.0 Å². The Morgan fingerprint density at radius 3 is 2.57 bits per heavy atom. The van der Waals surface area contributed by atoms with Gasteiger partial charge in [-0.1, -0.05) is 0 Å². The molecule has 3 nitrogen and oxygen atoms in total. The second-order valence-corrected chi connectivity index (χ2v) is 3.60. The van der Waals surface area contributed by atoms with Gasteiger partial charge in [0, 0.05) is 18.8 Å². The van der Waals surface area contributed by atoms with Crippen LogP contribution in [0.1, 0.15) is 19.4 Å². The zero-order valence-electron chi connectivity index (χ0n) is 8.68. The Morgan fingerprint density at radius 2 is 2.00 bits per heavy atom. The summed E-state index contributed by atoms with van der Waals surface area (Å²) in [6.07, 6.45) is 3.81. The highest BCUT2D eigenvalue weighted by Gasteiger charge is 2.06. The lowest BCUT2D eigenvalue weighted by Gasteiger charge is -2.13. The highest BCUT2D eigenvalue weighted by molar-refractivity contribution is 5.10. The molecule has 1 unspecified atom stereocenters. The summed E-state index contributed by atoms with van der Waals surface area (Å²) in [6, 6.07) is 3.80. The molecule has 1 aromatic heterocycles. The molecule has 0 amide bonds. The maximum atomic E-state index is 9.61. The van der Waals surface area contributed by atoms with E-state index in [1.54, 1.807) is 12.4 Å². The van der Waals surface area contributed by atoms with Crippen LogP contribution in [0.3, 0.4) is 0 Å². The summed E-state index contributed by atoms with van der Waals surface area (Å²) in [5.74, 6) is 0. The molecule has 0 aliphatic carbocycles. The Labute approximate surface area is 84.7 Å². The molecule has 78 valence electrons. The maximum absolute atomic E-state index is 9.61. The van der Waals surface area contributed by atoms with Gasteiger partial charge in [-0.15, -0.1) is 0 Å². The first kappa shape index (κ1) is 11.1. The Kier molecular flexibility index (Phi) is 4.56. The van der Waals surface area contributed by atoms with Gasteiger partial charge in [0.25, 0.3) is 0 Å². The lowest BCUT2D eigenvalue weighted by molar-refractivity contribution is 0.00621. The number of hydrogen-bond donors (Lipinski definition) is 1. The number of nitrogens with zero attached hydrogens (tertiary/aromatic N) is 1. The number of pyridine rings is 1. The van der Waals surface area contributed by atoms with Crippen LogP contribution in [0.25, 0.3) is 0 Å². The Morgan fingerprint density at radius 1 is 1.36 bits per heavy atom. The van der Waals surface area contributed by atoms with E-state index in [4.69, 9.17) is 4.74 Å². The quantitative estimate of drug-likeness (QED) is 0.772. The molecule has 0 aliphatic heterocycles. The van der Waals surface area contributed by atoms with Gasteiger partial charge in [-0.3, -0.25) is 4.98 Å². The monoisotopic (exact) mass is 195 g/mol. The number of rotatable bonds is 5. The van der Waals surface area contributed by atoms with Gasteiger partial charge in [0.15, 0.2) is 0 Å². The number of aromatic nitrogens is 1. The zero-order valence-corrected chi connectivity index (χ0v) is 8.68. The summed E-state index contributed by atoms with van der Waals surface area (Å²) in [6.45, 7) is 4.30. The molecular formula is C11H17NO2. The average molecular weight is 195 g/mol. The summed E-state index contributed by atoms with van der Waals surface area (Å²) in [7, 11) is 0. The smallest absolute Gasteiger partial charge is 0.0814 e. The molecule has 0 fully saturated rings. The van der Waals surface area contributed by atoms with E-state index in [1.165, 1.54) is 0 Å². The first-order valence-electron chi connectivity index (χ1n) is 4.87. The van der Waals surface area contributed by atoms with Gasteiger partial charge >= 0.3 is 0 Å². The third kappa shape index (κ3) is 4.35. The Bertz CT molecular complexity index is 249. The highest BCUT2D eigenvalue weighted by atomic mass is 16.5. The topological polar surface area (TPSA) is 42.4 Å². The summed E-state index contributed by atoms with van der Waals surface area (Å²) in [5, 5.41) is 9.61. The standard InChI is InChI=1S/C11H17NO2/c1-9(2)14-8-11(13)7-10-3-5-12-6-4-10/h3-6,9,11,13H,7-8H2,1-2H3. The van der Waals surface area contributed by atoms with Crippen molar-refractivity contribution in [3.8, 4) is 0 Å². The van der Waals surface area contributed by atoms with Gasteiger partial charge in [-0.05, 0) is 31.5 Å². The molecule has 3 heteroatoms. The molecule has 0 aliphatic rings. The van der Waals surface area contributed by atoms with Crippen LogP contribution in [0.2, 0.25) is 0 Å². The van der Waals surface area contributed by atoms with Gasteiger partial charge < -0.3 is 9.84 Å². The first-order chi connectivity index (χ1) is 6.68. The lowest BCUT2D eigenvalue weighted by Crippen LogP contribution is -2.20. The van der Waals surface area contributed by atoms with Crippen molar-refractivity contribution in [2.24, 2.45) is 0 Å². The predicted octanol–water partition coefficient (Wildman–Crippen LogP) is 1.41. The van der Waals surface area contributed by atoms with E-state index >= 15 is 0 Å². The molecule has 1 N–H and O–H groups in total. The van der Waals surface area contributed by atoms with Gasteiger partial charge in [0.1, 0.15) is 0 Å². The SMILES string of the molecule is CC(C)OCC(O)Cc1ccncc1. The van der Waals surface area contributed by atoms with Crippen LogP contribution in [0.5, 0.6) is 0 Å².